The molecule has 2 aromatic carbocycles. The number of nitrogens with zero attached hydrogens (tertiary/aromatic N) is 2. The molecule has 1 spiro atoms. The number of rotatable bonds is 4. The van der Waals surface area contributed by atoms with Gasteiger partial charge in [-0.15, -0.1) is 0 Å². The van der Waals surface area contributed by atoms with Crippen molar-refractivity contribution in [3.63, 3.8) is 0 Å². The predicted molar refractivity (Wildman–Crippen MR) is 127 cm³/mol. The highest BCUT2D eigenvalue weighted by atomic mass is 32.2. The van der Waals surface area contributed by atoms with Crippen LogP contribution in [-0.2, 0) is 11.8 Å². The number of hydrogen-bond acceptors (Lipinski definition) is 4. The van der Waals surface area contributed by atoms with Gasteiger partial charge in [-0.05, 0) is 49.1 Å². The van der Waals surface area contributed by atoms with Crippen molar-refractivity contribution < 1.29 is 4.74 Å². The van der Waals surface area contributed by atoms with Gasteiger partial charge in [-0.2, -0.15) is 0 Å². The fourth-order valence-corrected chi connectivity index (χ4v) is 6.12. The van der Waals surface area contributed by atoms with E-state index < -0.39 is 0 Å². The molecule has 0 aliphatic heterocycles. The molecule has 0 radical (unpaired) electrons. The lowest BCUT2D eigenvalue weighted by atomic mass is 9.68. The first-order valence-corrected chi connectivity index (χ1v) is 12.0. The van der Waals surface area contributed by atoms with E-state index in [1.807, 2.05) is 28.8 Å². The first-order chi connectivity index (χ1) is 15.0. The van der Waals surface area contributed by atoms with Crippen molar-refractivity contribution in [3.8, 4) is 22.7 Å². The summed E-state index contributed by atoms with van der Waals surface area (Å²) in [5.41, 5.74) is 5.12. The number of thioether (sulfide) groups is 1. The van der Waals surface area contributed by atoms with Crippen LogP contribution in [0.2, 0.25) is 0 Å². The number of fused-ring (bicyclic) bond motifs is 4. The number of aromatic nitrogens is 2. The second kappa shape index (κ2) is 7.86. The quantitative estimate of drug-likeness (QED) is 0.387. The molecule has 0 N–H and O–H groups in total. The minimum atomic E-state index is -0.0942. The van der Waals surface area contributed by atoms with Gasteiger partial charge in [0.25, 0.3) is 5.56 Å². The molecule has 3 aromatic rings. The van der Waals surface area contributed by atoms with Crippen molar-refractivity contribution in [2.45, 2.75) is 61.8 Å². The third-order valence-corrected chi connectivity index (χ3v) is 7.57. The van der Waals surface area contributed by atoms with Crippen molar-refractivity contribution in [3.05, 3.63) is 70.0 Å². The van der Waals surface area contributed by atoms with Gasteiger partial charge in [0.05, 0.1) is 24.1 Å². The topological polar surface area (TPSA) is 44.1 Å². The largest absolute Gasteiger partial charge is 0.497 e. The Morgan fingerprint density at radius 2 is 1.77 bits per heavy atom. The summed E-state index contributed by atoms with van der Waals surface area (Å²) in [6, 6.07) is 16.2. The van der Waals surface area contributed by atoms with E-state index in [1.165, 1.54) is 18.4 Å². The van der Waals surface area contributed by atoms with E-state index in [4.69, 9.17) is 9.72 Å². The number of hydrogen-bond donors (Lipinski definition) is 0. The molecular formula is C26H28N2O2S. The van der Waals surface area contributed by atoms with Gasteiger partial charge in [0.2, 0.25) is 0 Å². The first-order valence-electron chi connectivity index (χ1n) is 11.1. The van der Waals surface area contributed by atoms with Crippen LogP contribution in [0.4, 0.5) is 0 Å². The molecule has 0 atom stereocenters. The first kappa shape index (κ1) is 20.4. The average Bonchev–Trinajstić information content (AvgIpc) is 3.22. The van der Waals surface area contributed by atoms with E-state index in [1.54, 1.807) is 18.9 Å². The summed E-state index contributed by atoms with van der Waals surface area (Å²) in [7, 11) is 1.66. The van der Waals surface area contributed by atoms with E-state index in [-0.39, 0.29) is 11.0 Å². The maximum absolute atomic E-state index is 14.2. The highest BCUT2D eigenvalue weighted by Crippen LogP contribution is 2.50. The Kier molecular flexibility index (Phi) is 5.17. The molecule has 1 fully saturated rings. The van der Waals surface area contributed by atoms with Crippen LogP contribution in [0.25, 0.3) is 16.9 Å². The minimum absolute atomic E-state index is 0.0923. The molecule has 2 aliphatic rings. The summed E-state index contributed by atoms with van der Waals surface area (Å²) in [5, 5.41) is 1.07. The van der Waals surface area contributed by atoms with Crippen LogP contribution in [0.15, 0.2) is 58.5 Å². The Bertz CT molecular complexity index is 1180. The Morgan fingerprint density at radius 1 is 1.06 bits per heavy atom. The maximum atomic E-state index is 14.2. The summed E-state index contributed by atoms with van der Waals surface area (Å²) >= 11 is 1.64. The maximum Gasteiger partial charge on any atom is 0.263 e. The number of methoxy groups -OCH3 is 1. The van der Waals surface area contributed by atoms with Crippen LogP contribution < -0.4 is 10.3 Å². The highest BCUT2D eigenvalue weighted by molar-refractivity contribution is 7.99. The van der Waals surface area contributed by atoms with Gasteiger partial charge in [-0.3, -0.25) is 9.36 Å². The Labute approximate surface area is 187 Å². The highest BCUT2D eigenvalue weighted by Gasteiger charge is 2.44. The summed E-state index contributed by atoms with van der Waals surface area (Å²) in [5.74, 6) is 0.780. The Balaban J connectivity index is 1.81. The summed E-state index contributed by atoms with van der Waals surface area (Å²) in [6.45, 7) is 4.28. The average molecular weight is 433 g/mol. The normalized spacial score (nSPS) is 16.4. The van der Waals surface area contributed by atoms with Gasteiger partial charge >= 0.3 is 0 Å². The van der Waals surface area contributed by atoms with E-state index in [9.17, 15) is 4.79 Å². The molecule has 0 saturated heterocycles. The van der Waals surface area contributed by atoms with Crippen molar-refractivity contribution in [1.29, 1.82) is 0 Å². The van der Waals surface area contributed by atoms with Gasteiger partial charge in [0.15, 0.2) is 5.16 Å². The molecular weight excluding hydrogens is 404 g/mol. The smallest absolute Gasteiger partial charge is 0.263 e. The zero-order valence-electron chi connectivity index (χ0n) is 18.4. The molecule has 4 nitrogen and oxygen atoms in total. The molecule has 31 heavy (non-hydrogen) atoms. The van der Waals surface area contributed by atoms with Gasteiger partial charge in [-0.25, -0.2) is 4.98 Å². The van der Waals surface area contributed by atoms with Gasteiger partial charge < -0.3 is 4.74 Å². The van der Waals surface area contributed by atoms with E-state index in [0.29, 0.717) is 5.25 Å². The van der Waals surface area contributed by atoms with Gasteiger partial charge in [-0.1, -0.05) is 62.7 Å². The van der Waals surface area contributed by atoms with Crippen LogP contribution in [0, 0.1) is 0 Å². The van der Waals surface area contributed by atoms with Crippen molar-refractivity contribution in [2.75, 3.05) is 7.11 Å². The van der Waals surface area contributed by atoms with Crippen LogP contribution in [0.5, 0.6) is 5.75 Å². The molecule has 5 rings (SSSR count). The second-order valence-electron chi connectivity index (χ2n) is 8.94. The SMILES string of the molecule is COc1ccc(-n2c(SC(C)C)nc3c(c2=O)C2(CCCC2)Cc2ccccc2-3)cc1. The van der Waals surface area contributed by atoms with E-state index in [2.05, 4.69) is 38.1 Å². The number of benzene rings is 2. The van der Waals surface area contributed by atoms with Crippen LogP contribution in [0.3, 0.4) is 0 Å². The van der Waals surface area contributed by atoms with E-state index >= 15 is 0 Å². The zero-order valence-corrected chi connectivity index (χ0v) is 19.2. The molecule has 0 bridgehead atoms. The third-order valence-electron chi connectivity index (χ3n) is 6.62. The van der Waals surface area contributed by atoms with Crippen LogP contribution >= 0.6 is 11.8 Å². The predicted octanol–water partition coefficient (Wildman–Crippen LogP) is 5.78. The van der Waals surface area contributed by atoms with Crippen molar-refractivity contribution in [1.82, 2.24) is 9.55 Å². The lowest BCUT2D eigenvalue weighted by Gasteiger charge is -2.36. The second-order valence-corrected chi connectivity index (χ2v) is 10.5. The molecule has 0 amide bonds. The lowest BCUT2D eigenvalue weighted by molar-refractivity contribution is 0.414. The lowest BCUT2D eigenvalue weighted by Crippen LogP contribution is -2.40. The molecule has 160 valence electrons. The fourth-order valence-electron chi connectivity index (χ4n) is 5.26. The fraction of sp³-hybridized carbons (Fsp3) is 0.385. The Hall–Kier alpha value is -2.53. The van der Waals surface area contributed by atoms with E-state index in [0.717, 1.165) is 52.7 Å². The van der Waals surface area contributed by atoms with Crippen LogP contribution in [0.1, 0.15) is 50.7 Å². The molecule has 0 unspecified atom stereocenters. The summed E-state index contributed by atoms with van der Waals surface area (Å²) in [4.78, 5) is 19.4. The van der Waals surface area contributed by atoms with Crippen LogP contribution in [-0.4, -0.2) is 21.9 Å². The summed E-state index contributed by atoms with van der Waals surface area (Å²) < 4.78 is 7.16. The minimum Gasteiger partial charge on any atom is -0.497 e. The van der Waals surface area contributed by atoms with Crippen molar-refractivity contribution >= 4 is 11.8 Å². The molecule has 5 heteroatoms. The van der Waals surface area contributed by atoms with Crippen molar-refractivity contribution in [2.24, 2.45) is 0 Å². The molecule has 2 aliphatic carbocycles. The molecule has 1 heterocycles. The zero-order chi connectivity index (χ0) is 21.6. The van der Waals surface area contributed by atoms with Gasteiger partial charge in [0.1, 0.15) is 5.75 Å². The monoisotopic (exact) mass is 432 g/mol. The molecule has 1 aromatic heterocycles. The number of ether oxygens (including phenoxy) is 1. The summed E-state index contributed by atoms with van der Waals surface area (Å²) in [6.07, 6.45) is 5.40. The standard InChI is InChI=1S/C26H28N2O2S/c1-17(2)31-25-27-23-21-9-5-4-8-18(21)16-26(14-6-7-15-26)22(23)24(29)28(25)19-10-12-20(30-3)13-11-19/h4-5,8-13,17H,6-7,14-16H2,1-3H3. The van der Waals surface area contributed by atoms with Gasteiger partial charge in [0, 0.05) is 16.2 Å². The Morgan fingerprint density at radius 3 is 2.45 bits per heavy atom. The molecule has 1 saturated carbocycles. The third kappa shape index (κ3) is 3.39.